The Kier molecular flexibility index (Phi) is 2.33. The van der Waals surface area contributed by atoms with Crippen molar-refractivity contribution in [2.45, 2.75) is 31.6 Å². The Labute approximate surface area is 105 Å². The average Bonchev–Trinajstić information content (AvgIpc) is 2.34. The molecule has 0 saturated carbocycles. The van der Waals surface area contributed by atoms with E-state index in [0.29, 0.717) is 0 Å². The van der Waals surface area contributed by atoms with Crippen molar-refractivity contribution in [1.29, 1.82) is 0 Å². The highest BCUT2D eigenvalue weighted by Crippen LogP contribution is 2.40. The standard InChI is InChI=1S/C14H16N2O2/c1-14(2)13(17)12(15)10-5-8-3-4-16-7-9(8)6-11(10)18-14/h3-7,12-13,17H,15H2,1-2H3. The van der Waals surface area contributed by atoms with E-state index in [2.05, 4.69) is 4.98 Å². The van der Waals surface area contributed by atoms with Gasteiger partial charge in [-0.3, -0.25) is 4.98 Å². The molecule has 94 valence electrons. The number of aromatic nitrogens is 1. The minimum Gasteiger partial charge on any atom is -0.485 e. The molecule has 4 nitrogen and oxygen atoms in total. The van der Waals surface area contributed by atoms with Crippen LogP contribution in [0.2, 0.25) is 0 Å². The van der Waals surface area contributed by atoms with Gasteiger partial charge >= 0.3 is 0 Å². The van der Waals surface area contributed by atoms with Crippen LogP contribution in [0.3, 0.4) is 0 Å². The van der Waals surface area contributed by atoms with E-state index in [-0.39, 0.29) is 0 Å². The number of hydrogen-bond acceptors (Lipinski definition) is 4. The first-order valence-corrected chi connectivity index (χ1v) is 5.99. The SMILES string of the molecule is CC1(C)Oc2cc3cnccc3cc2C(N)C1O. The summed E-state index contributed by atoms with van der Waals surface area (Å²) in [4.78, 5) is 4.10. The maximum absolute atomic E-state index is 10.2. The van der Waals surface area contributed by atoms with Crippen LogP contribution >= 0.6 is 0 Å². The number of rotatable bonds is 0. The second-order valence-corrected chi connectivity index (χ2v) is 5.29. The summed E-state index contributed by atoms with van der Waals surface area (Å²) < 4.78 is 5.85. The van der Waals surface area contributed by atoms with E-state index in [1.807, 2.05) is 32.0 Å². The van der Waals surface area contributed by atoms with Crippen LogP contribution in [0.25, 0.3) is 10.8 Å². The smallest absolute Gasteiger partial charge is 0.131 e. The highest BCUT2D eigenvalue weighted by Gasteiger charge is 2.41. The molecule has 2 unspecified atom stereocenters. The van der Waals surface area contributed by atoms with Crippen molar-refractivity contribution >= 4 is 10.8 Å². The molecule has 1 aliphatic heterocycles. The fraction of sp³-hybridized carbons (Fsp3) is 0.357. The molecule has 18 heavy (non-hydrogen) atoms. The molecule has 2 aromatic rings. The second kappa shape index (κ2) is 3.67. The summed E-state index contributed by atoms with van der Waals surface area (Å²) in [7, 11) is 0. The molecule has 1 aromatic carbocycles. The Morgan fingerprint density at radius 2 is 2.11 bits per heavy atom. The summed E-state index contributed by atoms with van der Waals surface area (Å²) in [5.41, 5.74) is 6.28. The maximum Gasteiger partial charge on any atom is 0.131 e. The lowest BCUT2D eigenvalue weighted by molar-refractivity contribution is -0.0570. The third-order valence-corrected chi connectivity index (χ3v) is 3.55. The zero-order valence-corrected chi connectivity index (χ0v) is 10.4. The zero-order valence-electron chi connectivity index (χ0n) is 10.4. The summed E-state index contributed by atoms with van der Waals surface area (Å²) in [5, 5.41) is 12.2. The lowest BCUT2D eigenvalue weighted by Crippen LogP contribution is -2.51. The van der Waals surface area contributed by atoms with Crippen LogP contribution in [-0.4, -0.2) is 21.8 Å². The van der Waals surface area contributed by atoms with Crippen molar-refractivity contribution < 1.29 is 9.84 Å². The number of benzene rings is 1. The minimum atomic E-state index is -0.718. The number of hydrogen-bond donors (Lipinski definition) is 2. The molecule has 0 bridgehead atoms. The topological polar surface area (TPSA) is 68.4 Å². The summed E-state index contributed by atoms with van der Waals surface area (Å²) in [5.74, 6) is 0.735. The van der Waals surface area contributed by atoms with Crippen LogP contribution < -0.4 is 10.5 Å². The fourth-order valence-corrected chi connectivity index (χ4v) is 2.43. The van der Waals surface area contributed by atoms with Gasteiger partial charge in [0, 0.05) is 23.3 Å². The van der Waals surface area contributed by atoms with Crippen molar-refractivity contribution in [2.75, 3.05) is 0 Å². The van der Waals surface area contributed by atoms with Gasteiger partial charge in [0.15, 0.2) is 0 Å². The number of fused-ring (bicyclic) bond motifs is 2. The molecular formula is C14H16N2O2. The summed E-state index contributed by atoms with van der Waals surface area (Å²) in [6.07, 6.45) is 2.82. The van der Waals surface area contributed by atoms with Gasteiger partial charge in [-0.05, 0) is 37.4 Å². The Morgan fingerprint density at radius 3 is 2.89 bits per heavy atom. The largest absolute Gasteiger partial charge is 0.485 e. The van der Waals surface area contributed by atoms with Crippen LogP contribution in [0, 0.1) is 0 Å². The highest BCUT2D eigenvalue weighted by molar-refractivity contribution is 5.84. The molecule has 2 atom stereocenters. The van der Waals surface area contributed by atoms with Crippen molar-refractivity contribution in [1.82, 2.24) is 4.98 Å². The molecule has 1 aromatic heterocycles. The van der Waals surface area contributed by atoms with Gasteiger partial charge in [0.05, 0.1) is 6.04 Å². The van der Waals surface area contributed by atoms with Crippen LogP contribution in [0.1, 0.15) is 25.5 Å². The van der Waals surface area contributed by atoms with Crippen LogP contribution in [-0.2, 0) is 0 Å². The quantitative estimate of drug-likeness (QED) is 0.741. The molecule has 3 N–H and O–H groups in total. The monoisotopic (exact) mass is 244 g/mol. The number of aliphatic hydroxyl groups is 1. The molecular weight excluding hydrogens is 228 g/mol. The van der Waals surface area contributed by atoms with Crippen molar-refractivity contribution in [3.63, 3.8) is 0 Å². The number of pyridine rings is 1. The summed E-state index contributed by atoms with van der Waals surface area (Å²) in [6, 6.07) is 5.40. The lowest BCUT2D eigenvalue weighted by atomic mass is 9.86. The summed E-state index contributed by atoms with van der Waals surface area (Å²) in [6.45, 7) is 3.68. The second-order valence-electron chi connectivity index (χ2n) is 5.29. The van der Waals surface area contributed by atoms with Gasteiger partial charge in [-0.25, -0.2) is 0 Å². The van der Waals surface area contributed by atoms with Gasteiger partial charge in [-0.15, -0.1) is 0 Å². The van der Waals surface area contributed by atoms with Crippen LogP contribution in [0.5, 0.6) is 5.75 Å². The van der Waals surface area contributed by atoms with Gasteiger partial charge in [-0.2, -0.15) is 0 Å². The third-order valence-electron chi connectivity index (χ3n) is 3.55. The molecule has 0 aliphatic carbocycles. The first-order chi connectivity index (χ1) is 8.49. The van der Waals surface area contributed by atoms with Crippen molar-refractivity contribution in [3.8, 4) is 5.75 Å². The van der Waals surface area contributed by atoms with Crippen molar-refractivity contribution in [3.05, 3.63) is 36.2 Å². The van der Waals surface area contributed by atoms with E-state index in [1.54, 1.807) is 12.4 Å². The first-order valence-electron chi connectivity index (χ1n) is 5.99. The predicted molar refractivity (Wildman–Crippen MR) is 69.4 cm³/mol. The molecule has 4 heteroatoms. The minimum absolute atomic E-state index is 0.429. The molecule has 0 saturated heterocycles. The maximum atomic E-state index is 10.2. The Hall–Kier alpha value is -1.65. The van der Waals surface area contributed by atoms with E-state index < -0.39 is 17.7 Å². The first kappa shape index (κ1) is 11.4. The Morgan fingerprint density at radius 1 is 1.33 bits per heavy atom. The molecule has 0 amide bonds. The van der Waals surface area contributed by atoms with Crippen LogP contribution in [0.15, 0.2) is 30.6 Å². The average molecular weight is 244 g/mol. The number of nitrogens with two attached hydrogens (primary N) is 1. The molecule has 0 fully saturated rings. The van der Waals surface area contributed by atoms with E-state index >= 15 is 0 Å². The lowest BCUT2D eigenvalue weighted by Gasteiger charge is -2.40. The Balaban J connectivity index is 2.22. The van der Waals surface area contributed by atoms with Gasteiger partial charge in [0.1, 0.15) is 17.5 Å². The van der Waals surface area contributed by atoms with Crippen molar-refractivity contribution in [2.24, 2.45) is 5.73 Å². The van der Waals surface area contributed by atoms with Gasteiger partial charge < -0.3 is 15.6 Å². The third kappa shape index (κ3) is 1.57. The summed E-state index contributed by atoms with van der Waals surface area (Å²) >= 11 is 0. The molecule has 0 spiro atoms. The molecule has 2 heterocycles. The zero-order chi connectivity index (χ0) is 12.9. The Bertz CT molecular complexity index is 610. The van der Waals surface area contributed by atoms with E-state index in [4.69, 9.17) is 10.5 Å². The number of aliphatic hydroxyl groups excluding tert-OH is 1. The van der Waals surface area contributed by atoms with Gasteiger partial charge in [0.2, 0.25) is 0 Å². The molecule has 3 rings (SSSR count). The van der Waals surface area contributed by atoms with Crippen LogP contribution in [0.4, 0.5) is 0 Å². The number of ether oxygens (including phenoxy) is 1. The molecule has 0 radical (unpaired) electrons. The predicted octanol–water partition coefficient (Wildman–Crippen LogP) is 1.77. The highest BCUT2D eigenvalue weighted by atomic mass is 16.5. The fourth-order valence-electron chi connectivity index (χ4n) is 2.43. The van der Waals surface area contributed by atoms with E-state index in [1.165, 1.54) is 0 Å². The van der Waals surface area contributed by atoms with E-state index in [9.17, 15) is 5.11 Å². The van der Waals surface area contributed by atoms with Gasteiger partial charge in [0.25, 0.3) is 0 Å². The normalized spacial score (nSPS) is 25.6. The van der Waals surface area contributed by atoms with Gasteiger partial charge in [-0.1, -0.05) is 0 Å². The van der Waals surface area contributed by atoms with E-state index in [0.717, 1.165) is 22.1 Å². The molecule has 1 aliphatic rings. The number of nitrogens with zero attached hydrogens (tertiary/aromatic N) is 1.